The van der Waals surface area contributed by atoms with E-state index in [9.17, 15) is 9.59 Å². The molecule has 1 rings (SSSR count). The lowest BCUT2D eigenvalue weighted by Gasteiger charge is -2.10. The van der Waals surface area contributed by atoms with E-state index in [2.05, 4.69) is 10.3 Å². The van der Waals surface area contributed by atoms with E-state index in [1.54, 1.807) is 27.7 Å². The quantitative estimate of drug-likeness (QED) is 0.809. The molecular formula is C12H18N2O4. The summed E-state index contributed by atoms with van der Waals surface area (Å²) >= 11 is 0. The molecule has 0 saturated heterocycles. The molecule has 0 saturated carbocycles. The number of hydrogen-bond donors (Lipinski definition) is 2. The molecule has 100 valence electrons. The number of carbonyl (C=O) groups excluding carboxylic acids is 2. The van der Waals surface area contributed by atoms with Gasteiger partial charge in [0.25, 0.3) is 0 Å². The number of amides is 1. The van der Waals surface area contributed by atoms with Crippen molar-refractivity contribution in [1.82, 2.24) is 4.98 Å². The number of aryl methyl sites for hydroxylation is 1. The second-order valence-corrected chi connectivity index (χ2v) is 4.00. The fraction of sp³-hybridized carbons (Fsp3) is 0.500. The van der Waals surface area contributed by atoms with E-state index in [4.69, 9.17) is 9.47 Å². The van der Waals surface area contributed by atoms with Gasteiger partial charge in [0, 0.05) is 11.9 Å². The Balaban J connectivity index is 2.83. The second kappa shape index (κ2) is 6.09. The van der Waals surface area contributed by atoms with Gasteiger partial charge in [-0.2, -0.15) is 0 Å². The number of aromatic nitrogens is 1. The molecule has 0 spiro atoms. The van der Waals surface area contributed by atoms with E-state index in [-0.39, 0.29) is 12.7 Å². The highest BCUT2D eigenvalue weighted by atomic mass is 16.6. The predicted octanol–water partition coefficient (Wildman–Crippen LogP) is 2.46. The summed E-state index contributed by atoms with van der Waals surface area (Å²) in [5.74, 6) is -0.476. The molecule has 1 amide bonds. The van der Waals surface area contributed by atoms with E-state index >= 15 is 0 Å². The van der Waals surface area contributed by atoms with Crippen molar-refractivity contribution in [3.8, 4) is 0 Å². The van der Waals surface area contributed by atoms with Crippen LogP contribution in [0.15, 0.2) is 6.20 Å². The van der Waals surface area contributed by atoms with Crippen LogP contribution in [0.5, 0.6) is 0 Å². The summed E-state index contributed by atoms with van der Waals surface area (Å²) in [6.07, 6.45) is 0.703. The SMILES string of the molecule is CCOC(=O)c1c(NC(=O)OC(C)C)c[nH]c1C. The van der Waals surface area contributed by atoms with Crippen LogP contribution in [0.1, 0.15) is 36.8 Å². The molecule has 0 fully saturated rings. The molecule has 0 unspecified atom stereocenters. The highest BCUT2D eigenvalue weighted by molar-refractivity contribution is 6.00. The number of H-pyrrole nitrogens is 1. The van der Waals surface area contributed by atoms with Crippen molar-refractivity contribution in [2.45, 2.75) is 33.8 Å². The number of nitrogens with one attached hydrogen (secondary N) is 2. The maximum Gasteiger partial charge on any atom is 0.411 e. The molecule has 0 bridgehead atoms. The number of esters is 1. The maximum absolute atomic E-state index is 11.7. The average molecular weight is 254 g/mol. The lowest BCUT2D eigenvalue weighted by Crippen LogP contribution is -2.19. The third kappa shape index (κ3) is 3.51. The molecule has 1 aromatic rings. The van der Waals surface area contributed by atoms with Crippen molar-refractivity contribution in [2.24, 2.45) is 0 Å². The van der Waals surface area contributed by atoms with Gasteiger partial charge in [-0.1, -0.05) is 0 Å². The third-order valence-electron chi connectivity index (χ3n) is 2.14. The number of carbonyl (C=O) groups is 2. The van der Waals surface area contributed by atoms with Crippen LogP contribution >= 0.6 is 0 Å². The highest BCUT2D eigenvalue weighted by Crippen LogP contribution is 2.20. The molecule has 2 N–H and O–H groups in total. The standard InChI is InChI=1S/C12H18N2O4/c1-5-17-11(15)10-8(4)13-6-9(10)14-12(16)18-7(2)3/h6-7,13H,5H2,1-4H3,(H,14,16). The van der Waals surface area contributed by atoms with Gasteiger partial charge >= 0.3 is 12.1 Å². The van der Waals surface area contributed by atoms with Crippen LogP contribution in [-0.4, -0.2) is 29.8 Å². The minimum Gasteiger partial charge on any atom is -0.462 e. The zero-order valence-electron chi connectivity index (χ0n) is 11.0. The van der Waals surface area contributed by atoms with Gasteiger partial charge in [0.05, 0.1) is 18.4 Å². The normalized spacial score (nSPS) is 10.3. The van der Waals surface area contributed by atoms with E-state index in [1.807, 2.05) is 0 Å². The number of hydrogen-bond acceptors (Lipinski definition) is 4. The van der Waals surface area contributed by atoms with Gasteiger partial charge in [-0.05, 0) is 27.7 Å². The monoisotopic (exact) mass is 254 g/mol. The zero-order chi connectivity index (χ0) is 13.7. The minimum atomic E-state index is -0.602. The van der Waals surface area contributed by atoms with Gasteiger partial charge in [-0.15, -0.1) is 0 Å². The molecule has 6 nitrogen and oxygen atoms in total. The highest BCUT2D eigenvalue weighted by Gasteiger charge is 2.19. The second-order valence-electron chi connectivity index (χ2n) is 4.00. The first kappa shape index (κ1) is 14.1. The summed E-state index contributed by atoms with van der Waals surface area (Å²) in [4.78, 5) is 26.0. The van der Waals surface area contributed by atoms with Crippen LogP contribution in [0, 0.1) is 6.92 Å². The summed E-state index contributed by atoms with van der Waals surface area (Å²) in [6, 6.07) is 0. The molecule has 1 aromatic heterocycles. The van der Waals surface area contributed by atoms with Gasteiger partial charge in [-0.25, -0.2) is 9.59 Å². The number of ether oxygens (including phenoxy) is 2. The van der Waals surface area contributed by atoms with Crippen LogP contribution < -0.4 is 5.32 Å². The van der Waals surface area contributed by atoms with Gasteiger partial charge < -0.3 is 14.5 Å². The Morgan fingerprint density at radius 2 is 2.11 bits per heavy atom. The van der Waals surface area contributed by atoms with Gasteiger partial charge in [0.15, 0.2) is 0 Å². The minimum absolute atomic E-state index is 0.226. The molecule has 0 radical (unpaired) electrons. The third-order valence-corrected chi connectivity index (χ3v) is 2.14. The Morgan fingerprint density at radius 1 is 1.44 bits per heavy atom. The zero-order valence-corrected chi connectivity index (χ0v) is 11.0. The molecule has 18 heavy (non-hydrogen) atoms. The molecule has 0 aliphatic carbocycles. The van der Waals surface area contributed by atoms with Crippen molar-refractivity contribution < 1.29 is 19.1 Å². The average Bonchev–Trinajstić information content (AvgIpc) is 2.58. The van der Waals surface area contributed by atoms with Crippen molar-refractivity contribution in [1.29, 1.82) is 0 Å². The van der Waals surface area contributed by atoms with Crippen LogP contribution in [0.4, 0.5) is 10.5 Å². The summed E-state index contributed by atoms with van der Waals surface area (Å²) in [5.41, 5.74) is 1.31. The number of anilines is 1. The molecule has 6 heteroatoms. The van der Waals surface area contributed by atoms with Crippen LogP contribution in [0.25, 0.3) is 0 Å². The molecule has 1 heterocycles. The van der Waals surface area contributed by atoms with E-state index < -0.39 is 12.1 Å². The van der Waals surface area contributed by atoms with E-state index in [0.717, 1.165) is 0 Å². The Kier molecular flexibility index (Phi) is 4.76. The lowest BCUT2D eigenvalue weighted by molar-refractivity contribution is 0.0527. The van der Waals surface area contributed by atoms with Crippen LogP contribution in [0.2, 0.25) is 0 Å². The largest absolute Gasteiger partial charge is 0.462 e. The van der Waals surface area contributed by atoms with Gasteiger partial charge in [-0.3, -0.25) is 5.32 Å². The van der Waals surface area contributed by atoms with Crippen molar-refractivity contribution in [3.63, 3.8) is 0 Å². The Bertz CT molecular complexity index is 437. The molecule has 0 aromatic carbocycles. The molecular weight excluding hydrogens is 236 g/mol. The van der Waals surface area contributed by atoms with Gasteiger partial charge in [0.2, 0.25) is 0 Å². The van der Waals surface area contributed by atoms with Crippen LogP contribution in [0.3, 0.4) is 0 Å². The number of aromatic amines is 1. The lowest BCUT2D eigenvalue weighted by atomic mass is 10.2. The van der Waals surface area contributed by atoms with Gasteiger partial charge in [0.1, 0.15) is 5.56 Å². The maximum atomic E-state index is 11.7. The topological polar surface area (TPSA) is 80.4 Å². The Hall–Kier alpha value is -1.98. The van der Waals surface area contributed by atoms with Crippen molar-refractivity contribution >= 4 is 17.7 Å². The van der Waals surface area contributed by atoms with Crippen molar-refractivity contribution in [3.05, 3.63) is 17.5 Å². The first-order valence-corrected chi connectivity index (χ1v) is 5.78. The first-order chi connectivity index (χ1) is 8.45. The number of rotatable bonds is 4. The summed E-state index contributed by atoms with van der Waals surface area (Å²) in [6.45, 7) is 7.22. The summed E-state index contributed by atoms with van der Waals surface area (Å²) in [7, 11) is 0. The van der Waals surface area contributed by atoms with E-state index in [0.29, 0.717) is 16.9 Å². The first-order valence-electron chi connectivity index (χ1n) is 5.78. The molecule has 0 aliphatic rings. The predicted molar refractivity (Wildman–Crippen MR) is 66.7 cm³/mol. The smallest absolute Gasteiger partial charge is 0.411 e. The van der Waals surface area contributed by atoms with Crippen molar-refractivity contribution in [2.75, 3.05) is 11.9 Å². The fourth-order valence-electron chi connectivity index (χ4n) is 1.45. The van der Waals surface area contributed by atoms with E-state index in [1.165, 1.54) is 6.20 Å². The Labute approximate surface area is 106 Å². The molecule has 0 atom stereocenters. The summed E-state index contributed by atoms with van der Waals surface area (Å²) in [5, 5.41) is 2.51. The fourth-order valence-corrected chi connectivity index (χ4v) is 1.45. The molecule has 0 aliphatic heterocycles. The summed E-state index contributed by atoms with van der Waals surface area (Å²) < 4.78 is 9.86. The van der Waals surface area contributed by atoms with Crippen LogP contribution in [-0.2, 0) is 9.47 Å². The Morgan fingerprint density at radius 3 is 2.67 bits per heavy atom.